The van der Waals surface area contributed by atoms with Gasteiger partial charge in [0.2, 0.25) is 0 Å². The topological polar surface area (TPSA) is 60.9 Å². The summed E-state index contributed by atoms with van der Waals surface area (Å²) in [7, 11) is 1.73. The molecule has 1 aromatic heterocycles. The number of aromatic nitrogens is 2. The van der Waals surface area contributed by atoms with Gasteiger partial charge in [-0.05, 0) is 25.3 Å². The Hall–Kier alpha value is -0.870. The first-order valence-electron chi connectivity index (χ1n) is 6.00. The number of hydrogen-bond donors (Lipinski definition) is 1. The lowest BCUT2D eigenvalue weighted by Gasteiger charge is -2.12. The van der Waals surface area contributed by atoms with Crippen LogP contribution in [0.4, 0.5) is 0 Å². The Bertz CT molecular complexity index is 356. The Labute approximate surface area is 107 Å². The third-order valence-corrected chi connectivity index (χ3v) is 3.37. The highest BCUT2D eigenvalue weighted by Crippen LogP contribution is 2.20. The Morgan fingerprint density at radius 1 is 1.59 bits per heavy atom. The smallest absolute Gasteiger partial charge is 0.182 e. The average Bonchev–Trinajstić information content (AvgIpc) is 2.64. The molecule has 2 N–H and O–H groups in total. The fraction of sp³-hybridized carbons (Fsp3) is 0.667. The number of hydrogen-bond acceptors (Lipinski definition) is 3. The van der Waals surface area contributed by atoms with Gasteiger partial charge in [0.1, 0.15) is 5.69 Å². The average molecular weight is 258 g/mol. The highest BCUT2D eigenvalue weighted by Gasteiger charge is 2.16. The number of rotatable bonds is 7. The molecule has 5 heteroatoms. The first kappa shape index (κ1) is 14.2. The van der Waals surface area contributed by atoms with E-state index in [4.69, 9.17) is 17.3 Å². The number of aryl methyl sites for hydroxylation is 1. The minimum atomic E-state index is 0.0606. The SMILES string of the molecule is CCC(CCN)CCC(=O)c1c(Cl)cnn1C. The van der Waals surface area contributed by atoms with Crippen molar-refractivity contribution >= 4 is 17.4 Å². The van der Waals surface area contributed by atoms with E-state index in [1.807, 2.05) is 0 Å². The molecule has 1 rings (SSSR count). The molecule has 96 valence electrons. The zero-order valence-corrected chi connectivity index (χ0v) is 11.2. The molecule has 0 amide bonds. The molecular weight excluding hydrogens is 238 g/mol. The molecule has 0 aliphatic rings. The fourth-order valence-corrected chi connectivity index (χ4v) is 2.24. The van der Waals surface area contributed by atoms with Crippen LogP contribution in [0.1, 0.15) is 43.1 Å². The van der Waals surface area contributed by atoms with Gasteiger partial charge in [-0.2, -0.15) is 5.10 Å². The molecule has 1 atom stereocenters. The lowest BCUT2D eigenvalue weighted by molar-refractivity contribution is 0.0963. The number of nitrogens with two attached hydrogens (primary N) is 1. The maximum atomic E-state index is 12.0. The minimum Gasteiger partial charge on any atom is -0.330 e. The largest absolute Gasteiger partial charge is 0.330 e. The summed E-state index contributed by atoms with van der Waals surface area (Å²) in [6.45, 7) is 2.81. The van der Waals surface area contributed by atoms with Crippen LogP contribution < -0.4 is 5.73 Å². The van der Waals surface area contributed by atoms with Crippen LogP contribution in [0, 0.1) is 5.92 Å². The summed E-state index contributed by atoms with van der Waals surface area (Å²) in [6, 6.07) is 0. The molecule has 0 aromatic carbocycles. The van der Waals surface area contributed by atoms with E-state index in [0.717, 1.165) is 19.3 Å². The van der Waals surface area contributed by atoms with E-state index in [2.05, 4.69) is 12.0 Å². The Morgan fingerprint density at radius 2 is 2.29 bits per heavy atom. The Balaban J connectivity index is 2.55. The molecule has 1 heterocycles. The third kappa shape index (κ3) is 3.82. The zero-order valence-electron chi connectivity index (χ0n) is 10.4. The molecular formula is C12H20ClN3O. The number of nitrogens with zero attached hydrogens (tertiary/aromatic N) is 2. The predicted molar refractivity (Wildman–Crippen MR) is 69.2 cm³/mol. The number of Topliss-reactive ketones (excluding diaryl/α,β-unsaturated/α-hetero) is 1. The first-order chi connectivity index (χ1) is 8.10. The van der Waals surface area contributed by atoms with Crippen molar-refractivity contribution < 1.29 is 4.79 Å². The summed E-state index contributed by atoms with van der Waals surface area (Å²) < 4.78 is 1.54. The highest BCUT2D eigenvalue weighted by atomic mass is 35.5. The van der Waals surface area contributed by atoms with Gasteiger partial charge in [-0.3, -0.25) is 9.48 Å². The van der Waals surface area contributed by atoms with Crippen LogP contribution in [0.3, 0.4) is 0 Å². The van der Waals surface area contributed by atoms with Crippen molar-refractivity contribution in [2.45, 2.75) is 32.6 Å². The van der Waals surface area contributed by atoms with E-state index < -0.39 is 0 Å². The van der Waals surface area contributed by atoms with Crippen LogP contribution in [0.2, 0.25) is 5.02 Å². The minimum absolute atomic E-state index is 0.0606. The summed E-state index contributed by atoms with van der Waals surface area (Å²) in [6.07, 6.45) is 4.92. The fourth-order valence-electron chi connectivity index (χ4n) is 1.97. The molecule has 0 fully saturated rings. The van der Waals surface area contributed by atoms with Crippen molar-refractivity contribution in [3.63, 3.8) is 0 Å². The number of carbonyl (C=O) groups excluding carboxylic acids is 1. The molecule has 0 aliphatic carbocycles. The monoisotopic (exact) mass is 257 g/mol. The molecule has 0 spiro atoms. The third-order valence-electron chi connectivity index (χ3n) is 3.09. The molecule has 17 heavy (non-hydrogen) atoms. The van der Waals surface area contributed by atoms with Gasteiger partial charge in [0.25, 0.3) is 0 Å². The van der Waals surface area contributed by atoms with Crippen molar-refractivity contribution in [2.75, 3.05) is 6.54 Å². The molecule has 0 saturated carbocycles. The normalized spacial score (nSPS) is 12.7. The van der Waals surface area contributed by atoms with Crippen molar-refractivity contribution in [3.8, 4) is 0 Å². The molecule has 4 nitrogen and oxygen atoms in total. The van der Waals surface area contributed by atoms with Crippen LogP contribution in [0.25, 0.3) is 0 Å². The van der Waals surface area contributed by atoms with E-state index in [9.17, 15) is 4.79 Å². The van der Waals surface area contributed by atoms with Gasteiger partial charge in [0, 0.05) is 13.5 Å². The molecule has 0 saturated heterocycles. The maximum absolute atomic E-state index is 12.0. The van der Waals surface area contributed by atoms with E-state index >= 15 is 0 Å². The molecule has 0 aliphatic heterocycles. The number of halogens is 1. The summed E-state index contributed by atoms with van der Waals surface area (Å²) in [5.41, 5.74) is 6.04. The summed E-state index contributed by atoms with van der Waals surface area (Å²) in [5, 5.41) is 4.40. The van der Waals surface area contributed by atoms with Crippen molar-refractivity contribution in [3.05, 3.63) is 16.9 Å². The van der Waals surface area contributed by atoms with Gasteiger partial charge >= 0.3 is 0 Å². The Kier molecular flexibility index (Phi) is 5.65. The maximum Gasteiger partial charge on any atom is 0.182 e. The summed E-state index contributed by atoms with van der Waals surface area (Å²) in [4.78, 5) is 12.0. The van der Waals surface area contributed by atoms with E-state index in [-0.39, 0.29) is 5.78 Å². The predicted octanol–water partition coefficient (Wildman–Crippen LogP) is 2.41. The van der Waals surface area contributed by atoms with E-state index in [1.54, 1.807) is 7.05 Å². The molecule has 1 unspecified atom stereocenters. The van der Waals surface area contributed by atoms with Gasteiger partial charge in [-0.1, -0.05) is 24.9 Å². The molecule has 0 radical (unpaired) electrons. The number of carbonyl (C=O) groups is 1. The van der Waals surface area contributed by atoms with Gasteiger partial charge in [0.05, 0.1) is 11.2 Å². The van der Waals surface area contributed by atoms with Gasteiger partial charge in [0.15, 0.2) is 5.78 Å². The zero-order chi connectivity index (χ0) is 12.8. The summed E-state index contributed by atoms with van der Waals surface area (Å²) >= 11 is 5.93. The standard InChI is InChI=1S/C12H20ClN3O/c1-3-9(6-7-14)4-5-11(17)12-10(13)8-15-16(12)2/h8-9H,3-7,14H2,1-2H3. The second-order valence-corrected chi connectivity index (χ2v) is 4.69. The van der Waals surface area contributed by atoms with Gasteiger partial charge in [-0.15, -0.1) is 0 Å². The second-order valence-electron chi connectivity index (χ2n) is 4.28. The van der Waals surface area contributed by atoms with Crippen LogP contribution >= 0.6 is 11.6 Å². The van der Waals surface area contributed by atoms with Crippen molar-refractivity contribution in [1.82, 2.24) is 9.78 Å². The van der Waals surface area contributed by atoms with Gasteiger partial charge in [-0.25, -0.2) is 0 Å². The van der Waals surface area contributed by atoms with E-state index in [0.29, 0.717) is 29.6 Å². The lowest BCUT2D eigenvalue weighted by atomic mass is 9.95. The Morgan fingerprint density at radius 3 is 2.76 bits per heavy atom. The van der Waals surface area contributed by atoms with Crippen LogP contribution in [0.5, 0.6) is 0 Å². The van der Waals surface area contributed by atoms with Crippen LogP contribution in [-0.4, -0.2) is 22.1 Å². The van der Waals surface area contributed by atoms with Gasteiger partial charge < -0.3 is 5.73 Å². The lowest BCUT2D eigenvalue weighted by Crippen LogP contribution is -2.12. The van der Waals surface area contributed by atoms with Crippen LogP contribution in [-0.2, 0) is 7.05 Å². The molecule has 0 bridgehead atoms. The molecule has 1 aromatic rings. The first-order valence-corrected chi connectivity index (χ1v) is 6.38. The number of ketones is 1. The van der Waals surface area contributed by atoms with Crippen molar-refractivity contribution in [1.29, 1.82) is 0 Å². The quantitative estimate of drug-likeness (QED) is 0.763. The summed E-state index contributed by atoms with van der Waals surface area (Å²) in [5.74, 6) is 0.585. The second kappa shape index (κ2) is 6.77. The van der Waals surface area contributed by atoms with E-state index in [1.165, 1.54) is 10.9 Å². The van der Waals surface area contributed by atoms with Crippen LogP contribution in [0.15, 0.2) is 6.20 Å². The van der Waals surface area contributed by atoms with Crippen molar-refractivity contribution in [2.24, 2.45) is 18.7 Å². The highest BCUT2D eigenvalue weighted by molar-refractivity contribution is 6.33.